The average molecular weight is 401 g/mol. The van der Waals surface area contributed by atoms with E-state index in [0.717, 1.165) is 40.0 Å². The SMILES string of the molecule is CCn1ncc2c(NCCC3CCCCC3)c3cc(Br)ccc3nc21. The summed E-state index contributed by atoms with van der Waals surface area (Å²) in [4.78, 5) is 4.85. The van der Waals surface area contributed by atoms with Crippen LogP contribution in [0.4, 0.5) is 5.69 Å². The third-order valence-corrected chi connectivity index (χ3v) is 5.91. The molecule has 25 heavy (non-hydrogen) atoms. The fourth-order valence-corrected chi connectivity index (χ4v) is 4.40. The maximum Gasteiger partial charge on any atom is 0.160 e. The van der Waals surface area contributed by atoms with E-state index < -0.39 is 0 Å². The van der Waals surface area contributed by atoms with E-state index in [1.807, 2.05) is 10.9 Å². The van der Waals surface area contributed by atoms with Gasteiger partial charge in [0.1, 0.15) is 0 Å². The number of nitrogens with zero attached hydrogens (tertiary/aromatic N) is 3. The number of nitrogens with one attached hydrogen (secondary N) is 1. The molecule has 1 aromatic carbocycles. The molecule has 132 valence electrons. The van der Waals surface area contributed by atoms with Crippen LogP contribution in [0.25, 0.3) is 21.9 Å². The minimum atomic E-state index is 0.833. The van der Waals surface area contributed by atoms with E-state index >= 15 is 0 Å². The molecule has 1 aliphatic rings. The third-order valence-electron chi connectivity index (χ3n) is 5.41. The highest BCUT2D eigenvalue weighted by Gasteiger charge is 2.16. The van der Waals surface area contributed by atoms with Gasteiger partial charge in [-0.15, -0.1) is 0 Å². The first-order chi connectivity index (χ1) is 12.3. The molecule has 1 fully saturated rings. The number of hydrogen-bond donors (Lipinski definition) is 1. The van der Waals surface area contributed by atoms with Gasteiger partial charge in [0.15, 0.2) is 5.65 Å². The molecular formula is C20H25BrN4. The second-order valence-electron chi connectivity index (χ2n) is 7.07. The molecule has 2 aromatic heterocycles. The molecule has 1 saturated carbocycles. The van der Waals surface area contributed by atoms with E-state index in [0.29, 0.717) is 0 Å². The number of fused-ring (bicyclic) bond motifs is 2. The zero-order chi connectivity index (χ0) is 17.2. The van der Waals surface area contributed by atoms with Crippen LogP contribution in [-0.2, 0) is 6.54 Å². The van der Waals surface area contributed by atoms with E-state index in [9.17, 15) is 0 Å². The van der Waals surface area contributed by atoms with Crippen molar-refractivity contribution in [2.24, 2.45) is 5.92 Å². The third kappa shape index (κ3) is 3.39. The molecule has 0 bridgehead atoms. The van der Waals surface area contributed by atoms with Gasteiger partial charge in [-0.1, -0.05) is 48.0 Å². The Hall–Kier alpha value is -1.62. The number of hydrogen-bond acceptors (Lipinski definition) is 3. The van der Waals surface area contributed by atoms with Crippen molar-refractivity contribution in [2.45, 2.75) is 52.0 Å². The van der Waals surface area contributed by atoms with Gasteiger partial charge in [0.2, 0.25) is 0 Å². The molecule has 4 nitrogen and oxygen atoms in total. The molecular weight excluding hydrogens is 376 g/mol. The van der Waals surface area contributed by atoms with E-state index in [4.69, 9.17) is 4.98 Å². The van der Waals surface area contributed by atoms with Crippen LogP contribution in [0.1, 0.15) is 45.4 Å². The number of pyridine rings is 1. The molecule has 0 aliphatic heterocycles. The smallest absolute Gasteiger partial charge is 0.160 e. The molecule has 3 aromatic rings. The molecule has 1 N–H and O–H groups in total. The highest BCUT2D eigenvalue weighted by atomic mass is 79.9. The Morgan fingerprint density at radius 2 is 2.04 bits per heavy atom. The normalized spacial score (nSPS) is 15.9. The van der Waals surface area contributed by atoms with Crippen molar-refractivity contribution >= 4 is 43.6 Å². The van der Waals surface area contributed by atoms with Gasteiger partial charge in [-0.3, -0.25) is 0 Å². The Morgan fingerprint density at radius 1 is 1.20 bits per heavy atom. The van der Waals surface area contributed by atoms with Gasteiger partial charge in [0.25, 0.3) is 0 Å². The summed E-state index contributed by atoms with van der Waals surface area (Å²) in [5, 5.41) is 10.5. The lowest BCUT2D eigenvalue weighted by molar-refractivity contribution is 0.345. The summed E-state index contributed by atoms with van der Waals surface area (Å²) in [7, 11) is 0. The first-order valence-electron chi connectivity index (χ1n) is 9.45. The van der Waals surface area contributed by atoms with Gasteiger partial charge < -0.3 is 5.32 Å². The lowest BCUT2D eigenvalue weighted by Crippen LogP contribution is -2.12. The summed E-state index contributed by atoms with van der Waals surface area (Å²) in [6.07, 6.45) is 10.2. The zero-order valence-electron chi connectivity index (χ0n) is 14.8. The molecule has 0 radical (unpaired) electrons. The molecule has 5 heteroatoms. The molecule has 1 aliphatic carbocycles. The Bertz CT molecular complexity index is 880. The summed E-state index contributed by atoms with van der Waals surface area (Å²) in [5.74, 6) is 0.884. The molecule has 0 atom stereocenters. The highest BCUT2D eigenvalue weighted by molar-refractivity contribution is 9.10. The Labute approximate surface area is 157 Å². The monoisotopic (exact) mass is 400 g/mol. The van der Waals surface area contributed by atoms with Gasteiger partial charge in [0, 0.05) is 22.9 Å². The lowest BCUT2D eigenvalue weighted by atomic mass is 9.87. The predicted molar refractivity (Wildman–Crippen MR) is 108 cm³/mol. The molecule has 0 unspecified atom stereocenters. The van der Waals surface area contributed by atoms with Crippen LogP contribution in [0.5, 0.6) is 0 Å². The van der Waals surface area contributed by atoms with Crippen molar-refractivity contribution in [2.75, 3.05) is 11.9 Å². The van der Waals surface area contributed by atoms with Crippen LogP contribution in [0.15, 0.2) is 28.9 Å². The first kappa shape index (κ1) is 16.8. The van der Waals surface area contributed by atoms with Gasteiger partial charge >= 0.3 is 0 Å². The van der Waals surface area contributed by atoms with E-state index in [2.05, 4.69) is 51.5 Å². The summed E-state index contributed by atoms with van der Waals surface area (Å²) < 4.78 is 3.06. The van der Waals surface area contributed by atoms with E-state index in [1.165, 1.54) is 49.6 Å². The van der Waals surface area contributed by atoms with E-state index in [1.54, 1.807) is 0 Å². The number of benzene rings is 1. The quantitative estimate of drug-likeness (QED) is 0.592. The number of halogens is 1. The second-order valence-corrected chi connectivity index (χ2v) is 7.98. The Morgan fingerprint density at radius 3 is 2.84 bits per heavy atom. The molecule has 2 heterocycles. The van der Waals surface area contributed by atoms with E-state index in [-0.39, 0.29) is 0 Å². The van der Waals surface area contributed by atoms with Crippen LogP contribution in [-0.4, -0.2) is 21.3 Å². The fourth-order valence-electron chi connectivity index (χ4n) is 4.04. The molecule has 0 amide bonds. The summed E-state index contributed by atoms with van der Waals surface area (Å²) in [6.45, 7) is 3.96. The maximum absolute atomic E-state index is 4.85. The second kappa shape index (κ2) is 7.32. The van der Waals surface area contributed by atoms with Crippen molar-refractivity contribution in [3.8, 4) is 0 Å². The van der Waals surface area contributed by atoms with Crippen molar-refractivity contribution < 1.29 is 0 Å². The average Bonchev–Trinajstić information content (AvgIpc) is 3.05. The summed E-state index contributed by atoms with van der Waals surface area (Å²) in [5.41, 5.74) is 3.17. The standard InChI is InChI=1S/C20H25BrN4/c1-2-25-20-17(13-23-25)19(16-12-15(21)8-9-18(16)24-20)22-11-10-14-6-4-3-5-7-14/h8-9,12-14H,2-7,10-11H2,1H3,(H,22,24). The highest BCUT2D eigenvalue weighted by Crippen LogP contribution is 2.33. The summed E-state index contributed by atoms with van der Waals surface area (Å²) >= 11 is 3.60. The Kier molecular flexibility index (Phi) is 4.93. The van der Waals surface area contributed by atoms with Crippen LogP contribution in [0.3, 0.4) is 0 Å². The Balaban J connectivity index is 1.68. The molecule has 0 spiro atoms. The van der Waals surface area contributed by atoms with Crippen molar-refractivity contribution in [3.05, 3.63) is 28.9 Å². The summed E-state index contributed by atoms with van der Waals surface area (Å²) in [6, 6.07) is 6.30. The van der Waals surface area contributed by atoms with Gasteiger partial charge in [-0.2, -0.15) is 5.10 Å². The lowest BCUT2D eigenvalue weighted by Gasteiger charge is -2.22. The molecule has 0 saturated heterocycles. The number of rotatable bonds is 5. The van der Waals surface area contributed by atoms with Crippen LogP contribution >= 0.6 is 15.9 Å². The van der Waals surface area contributed by atoms with Crippen molar-refractivity contribution in [1.29, 1.82) is 0 Å². The van der Waals surface area contributed by atoms with Gasteiger partial charge in [0.05, 0.1) is 22.8 Å². The minimum Gasteiger partial charge on any atom is -0.384 e. The first-order valence-corrected chi connectivity index (χ1v) is 10.2. The topological polar surface area (TPSA) is 42.7 Å². The minimum absolute atomic E-state index is 0.833. The van der Waals surface area contributed by atoms with Gasteiger partial charge in [-0.05, 0) is 37.5 Å². The fraction of sp³-hybridized carbons (Fsp3) is 0.500. The van der Waals surface area contributed by atoms with Crippen molar-refractivity contribution in [3.63, 3.8) is 0 Å². The molecule has 4 rings (SSSR count). The number of anilines is 1. The zero-order valence-corrected chi connectivity index (χ0v) is 16.3. The predicted octanol–water partition coefficient (Wildman–Crippen LogP) is 5.75. The van der Waals surface area contributed by atoms with Crippen LogP contribution in [0, 0.1) is 5.92 Å². The number of aromatic nitrogens is 3. The van der Waals surface area contributed by atoms with Gasteiger partial charge in [-0.25, -0.2) is 9.67 Å². The van der Waals surface area contributed by atoms with Crippen molar-refractivity contribution in [1.82, 2.24) is 14.8 Å². The number of aryl methyl sites for hydroxylation is 1. The van der Waals surface area contributed by atoms with Crippen LogP contribution in [0.2, 0.25) is 0 Å². The van der Waals surface area contributed by atoms with Crippen LogP contribution < -0.4 is 5.32 Å². The largest absolute Gasteiger partial charge is 0.384 e. The maximum atomic E-state index is 4.85.